The molecule has 1 aromatic heterocycles. The van der Waals surface area contributed by atoms with Crippen molar-refractivity contribution in [3.8, 4) is 0 Å². The molecule has 72 valence electrons. The summed E-state index contributed by atoms with van der Waals surface area (Å²) in [5.41, 5.74) is 6.09. The number of thiophene rings is 1. The molecule has 0 amide bonds. The summed E-state index contributed by atoms with van der Waals surface area (Å²) in [5, 5.41) is 0. The van der Waals surface area contributed by atoms with Gasteiger partial charge in [-0.1, -0.05) is 11.6 Å². The second kappa shape index (κ2) is 3.96. The molecule has 1 saturated heterocycles. The highest BCUT2D eigenvalue weighted by Crippen LogP contribution is 2.32. The smallest absolute Gasteiger partial charge is 0.0931 e. The third-order valence-electron chi connectivity index (χ3n) is 2.40. The van der Waals surface area contributed by atoms with Crippen LogP contribution in [-0.2, 0) is 4.74 Å². The standard InChI is InChI=1S/C9H12ClNOS/c10-8-2-1-7(13-8)9(11)6-3-4-12-5-6/h1-2,6,9H,3-5,11H2. The van der Waals surface area contributed by atoms with Crippen LogP contribution in [0.15, 0.2) is 12.1 Å². The Morgan fingerprint density at radius 1 is 1.62 bits per heavy atom. The minimum Gasteiger partial charge on any atom is -0.381 e. The molecule has 0 aliphatic carbocycles. The van der Waals surface area contributed by atoms with Crippen LogP contribution in [0.1, 0.15) is 17.3 Å². The third-order valence-corrected chi connectivity index (χ3v) is 3.73. The SMILES string of the molecule is NC(c1ccc(Cl)s1)C1CCOC1. The maximum Gasteiger partial charge on any atom is 0.0931 e. The quantitative estimate of drug-likeness (QED) is 0.826. The molecule has 2 heterocycles. The van der Waals surface area contributed by atoms with E-state index in [1.807, 2.05) is 12.1 Å². The van der Waals surface area contributed by atoms with Crippen LogP contribution in [0.4, 0.5) is 0 Å². The van der Waals surface area contributed by atoms with Crippen LogP contribution in [0.2, 0.25) is 4.34 Å². The van der Waals surface area contributed by atoms with Gasteiger partial charge in [-0.15, -0.1) is 11.3 Å². The zero-order valence-corrected chi connectivity index (χ0v) is 8.77. The van der Waals surface area contributed by atoms with Crippen LogP contribution in [0, 0.1) is 5.92 Å². The minimum atomic E-state index is 0.0972. The molecule has 0 saturated carbocycles. The van der Waals surface area contributed by atoms with Gasteiger partial charge in [-0.05, 0) is 18.6 Å². The highest BCUT2D eigenvalue weighted by atomic mass is 35.5. The summed E-state index contributed by atoms with van der Waals surface area (Å²) < 4.78 is 6.11. The van der Waals surface area contributed by atoms with Crippen molar-refractivity contribution in [2.45, 2.75) is 12.5 Å². The molecule has 0 radical (unpaired) electrons. The summed E-state index contributed by atoms with van der Waals surface area (Å²) in [6.45, 7) is 1.63. The first-order valence-corrected chi connectivity index (χ1v) is 5.55. The lowest BCUT2D eigenvalue weighted by Crippen LogP contribution is -2.20. The van der Waals surface area contributed by atoms with E-state index >= 15 is 0 Å². The Kier molecular flexibility index (Phi) is 2.89. The summed E-state index contributed by atoms with van der Waals surface area (Å²) in [5.74, 6) is 0.467. The molecule has 0 aromatic carbocycles. The van der Waals surface area contributed by atoms with E-state index in [1.54, 1.807) is 11.3 Å². The Morgan fingerprint density at radius 2 is 2.46 bits per heavy atom. The van der Waals surface area contributed by atoms with E-state index in [1.165, 1.54) is 4.88 Å². The van der Waals surface area contributed by atoms with Crippen molar-refractivity contribution in [1.29, 1.82) is 0 Å². The molecule has 0 bridgehead atoms. The Bertz CT molecular complexity index is 283. The van der Waals surface area contributed by atoms with Crippen molar-refractivity contribution in [3.05, 3.63) is 21.3 Å². The van der Waals surface area contributed by atoms with Crippen LogP contribution >= 0.6 is 22.9 Å². The van der Waals surface area contributed by atoms with E-state index < -0.39 is 0 Å². The van der Waals surface area contributed by atoms with Gasteiger partial charge in [-0.3, -0.25) is 0 Å². The highest BCUT2D eigenvalue weighted by molar-refractivity contribution is 7.16. The lowest BCUT2D eigenvalue weighted by Gasteiger charge is -2.15. The van der Waals surface area contributed by atoms with Crippen molar-refractivity contribution in [3.63, 3.8) is 0 Å². The zero-order valence-electron chi connectivity index (χ0n) is 7.20. The first kappa shape index (κ1) is 9.46. The Hall–Kier alpha value is -0.0900. The monoisotopic (exact) mass is 217 g/mol. The summed E-state index contributed by atoms with van der Waals surface area (Å²) in [6, 6.07) is 4.01. The fourth-order valence-electron chi connectivity index (χ4n) is 1.58. The molecule has 2 nitrogen and oxygen atoms in total. The van der Waals surface area contributed by atoms with Gasteiger partial charge in [0.15, 0.2) is 0 Å². The molecule has 13 heavy (non-hydrogen) atoms. The van der Waals surface area contributed by atoms with Crippen molar-refractivity contribution < 1.29 is 4.74 Å². The second-order valence-corrected chi connectivity index (χ2v) is 5.04. The van der Waals surface area contributed by atoms with E-state index in [-0.39, 0.29) is 6.04 Å². The van der Waals surface area contributed by atoms with Gasteiger partial charge in [0.05, 0.1) is 10.9 Å². The summed E-state index contributed by atoms with van der Waals surface area (Å²) in [6.07, 6.45) is 1.07. The highest BCUT2D eigenvalue weighted by Gasteiger charge is 2.24. The molecule has 2 unspecified atom stereocenters. The fourth-order valence-corrected chi connectivity index (χ4v) is 2.73. The van der Waals surface area contributed by atoms with Crippen molar-refractivity contribution in [2.24, 2.45) is 11.7 Å². The molecule has 1 fully saturated rings. The van der Waals surface area contributed by atoms with Crippen LogP contribution < -0.4 is 5.73 Å². The van der Waals surface area contributed by atoms with Gasteiger partial charge in [-0.25, -0.2) is 0 Å². The van der Waals surface area contributed by atoms with Crippen molar-refractivity contribution in [1.82, 2.24) is 0 Å². The van der Waals surface area contributed by atoms with Gasteiger partial charge in [0.2, 0.25) is 0 Å². The third kappa shape index (κ3) is 2.05. The average Bonchev–Trinajstić information content (AvgIpc) is 2.72. The Morgan fingerprint density at radius 3 is 3.00 bits per heavy atom. The first-order chi connectivity index (χ1) is 6.27. The number of nitrogens with two attached hydrogens (primary N) is 1. The van der Waals surface area contributed by atoms with E-state index in [4.69, 9.17) is 22.1 Å². The topological polar surface area (TPSA) is 35.2 Å². The first-order valence-electron chi connectivity index (χ1n) is 4.36. The molecule has 0 spiro atoms. The van der Waals surface area contributed by atoms with Crippen LogP contribution in [-0.4, -0.2) is 13.2 Å². The van der Waals surface area contributed by atoms with Gasteiger partial charge in [0.25, 0.3) is 0 Å². The van der Waals surface area contributed by atoms with Gasteiger partial charge in [0.1, 0.15) is 0 Å². The molecule has 2 rings (SSSR count). The molecule has 2 atom stereocenters. The van der Waals surface area contributed by atoms with Crippen LogP contribution in [0.25, 0.3) is 0 Å². The number of hydrogen-bond acceptors (Lipinski definition) is 3. The Labute approximate surface area is 86.6 Å². The number of halogens is 1. The van der Waals surface area contributed by atoms with Crippen molar-refractivity contribution in [2.75, 3.05) is 13.2 Å². The molecule has 1 aromatic rings. The van der Waals surface area contributed by atoms with Crippen LogP contribution in [0.5, 0.6) is 0 Å². The fraction of sp³-hybridized carbons (Fsp3) is 0.556. The zero-order chi connectivity index (χ0) is 9.26. The summed E-state index contributed by atoms with van der Waals surface area (Å²) in [4.78, 5) is 1.17. The molecule has 2 N–H and O–H groups in total. The van der Waals surface area contributed by atoms with E-state index in [0.29, 0.717) is 5.92 Å². The molecule has 4 heteroatoms. The average molecular weight is 218 g/mol. The van der Waals surface area contributed by atoms with Gasteiger partial charge in [0, 0.05) is 23.4 Å². The maximum atomic E-state index is 6.09. The number of hydrogen-bond donors (Lipinski definition) is 1. The van der Waals surface area contributed by atoms with Gasteiger partial charge in [-0.2, -0.15) is 0 Å². The van der Waals surface area contributed by atoms with Crippen molar-refractivity contribution >= 4 is 22.9 Å². The van der Waals surface area contributed by atoms with Gasteiger partial charge >= 0.3 is 0 Å². The lowest BCUT2D eigenvalue weighted by molar-refractivity contribution is 0.181. The summed E-state index contributed by atoms with van der Waals surface area (Å²) >= 11 is 7.41. The Balaban J connectivity index is 2.07. The predicted molar refractivity (Wildman–Crippen MR) is 55.2 cm³/mol. The minimum absolute atomic E-state index is 0.0972. The lowest BCUT2D eigenvalue weighted by atomic mass is 9.99. The molecular weight excluding hydrogens is 206 g/mol. The molecular formula is C9H12ClNOS. The summed E-state index contributed by atoms with van der Waals surface area (Å²) in [7, 11) is 0. The molecule has 1 aliphatic heterocycles. The molecule has 1 aliphatic rings. The van der Waals surface area contributed by atoms with E-state index in [2.05, 4.69) is 0 Å². The van der Waals surface area contributed by atoms with Gasteiger partial charge < -0.3 is 10.5 Å². The largest absolute Gasteiger partial charge is 0.381 e. The van der Waals surface area contributed by atoms with Crippen LogP contribution in [0.3, 0.4) is 0 Å². The normalized spacial score (nSPS) is 24.9. The second-order valence-electron chi connectivity index (χ2n) is 3.29. The maximum absolute atomic E-state index is 6.09. The number of ether oxygens (including phenoxy) is 1. The van der Waals surface area contributed by atoms with E-state index in [9.17, 15) is 0 Å². The predicted octanol–water partition coefficient (Wildman–Crippen LogP) is 2.44. The number of rotatable bonds is 2. The van der Waals surface area contributed by atoms with E-state index in [0.717, 1.165) is 24.0 Å².